The van der Waals surface area contributed by atoms with Gasteiger partial charge in [0.05, 0.1) is 19.3 Å². The molecule has 1 N–H and O–H groups in total. The zero-order valence-corrected chi connectivity index (χ0v) is 9.30. The molecular formula is C10H23NO2. The summed E-state index contributed by atoms with van der Waals surface area (Å²) < 4.78 is 10.6. The highest BCUT2D eigenvalue weighted by Gasteiger charge is 2.06. The molecule has 0 aromatic carbocycles. The molecule has 0 aliphatic heterocycles. The van der Waals surface area contributed by atoms with E-state index in [2.05, 4.69) is 26.1 Å². The quantitative estimate of drug-likeness (QED) is 0.624. The summed E-state index contributed by atoms with van der Waals surface area (Å²) in [5, 5.41) is 3.31. The van der Waals surface area contributed by atoms with E-state index in [9.17, 15) is 0 Å². The van der Waals surface area contributed by atoms with Gasteiger partial charge in [-0.15, -0.1) is 0 Å². The van der Waals surface area contributed by atoms with Crippen LogP contribution in [0.1, 0.15) is 20.8 Å². The monoisotopic (exact) mass is 189 g/mol. The Labute approximate surface area is 81.8 Å². The molecule has 1 atom stereocenters. The van der Waals surface area contributed by atoms with Crippen LogP contribution in [-0.4, -0.2) is 39.5 Å². The lowest BCUT2D eigenvalue weighted by molar-refractivity contribution is 0.0617. The number of hydrogen-bond donors (Lipinski definition) is 1. The van der Waals surface area contributed by atoms with Gasteiger partial charge in [0.2, 0.25) is 0 Å². The van der Waals surface area contributed by atoms with Gasteiger partial charge in [-0.25, -0.2) is 0 Å². The fraction of sp³-hybridized carbons (Fsp3) is 1.00. The first-order valence-corrected chi connectivity index (χ1v) is 5.00. The normalized spacial score (nSPS) is 13.6. The largest absolute Gasteiger partial charge is 0.383 e. The molecule has 1 unspecified atom stereocenters. The van der Waals surface area contributed by atoms with Gasteiger partial charge in [-0.3, -0.25) is 0 Å². The van der Waals surface area contributed by atoms with Gasteiger partial charge in [0.1, 0.15) is 0 Å². The lowest BCUT2D eigenvalue weighted by Crippen LogP contribution is -2.37. The predicted octanol–water partition coefficient (Wildman–Crippen LogP) is 1.28. The number of ether oxygens (including phenoxy) is 2. The molecule has 0 saturated carbocycles. The van der Waals surface area contributed by atoms with E-state index >= 15 is 0 Å². The average molecular weight is 189 g/mol. The summed E-state index contributed by atoms with van der Waals surface area (Å²) in [4.78, 5) is 0. The maximum atomic E-state index is 5.52. The zero-order valence-electron chi connectivity index (χ0n) is 9.30. The van der Waals surface area contributed by atoms with Crippen molar-refractivity contribution >= 4 is 0 Å². The van der Waals surface area contributed by atoms with E-state index in [0.717, 1.165) is 19.8 Å². The minimum absolute atomic E-state index is 0.328. The summed E-state index contributed by atoms with van der Waals surface area (Å²) >= 11 is 0. The van der Waals surface area contributed by atoms with E-state index in [1.807, 2.05) is 0 Å². The topological polar surface area (TPSA) is 30.5 Å². The van der Waals surface area contributed by atoms with Crippen LogP contribution in [0.3, 0.4) is 0 Å². The molecule has 13 heavy (non-hydrogen) atoms. The standard InChI is InChI=1S/C10H23NO2/c1-5-11-10(7-12-4)8-13-6-9(2)3/h9-11H,5-8H2,1-4H3. The fourth-order valence-electron chi connectivity index (χ4n) is 1.10. The van der Waals surface area contributed by atoms with Gasteiger partial charge in [0.15, 0.2) is 0 Å². The third kappa shape index (κ3) is 8.22. The number of likely N-dealkylation sites (N-methyl/N-ethyl adjacent to an activating group) is 1. The van der Waals surface area contributed by atoms with Crippen molar-refractivity contribution in [3.63, 3.8) is 0 Å². The van der Waals surface area contributed by atoms with Crippen molar-refractivity contribution in [3.05, 3.63) is 0 Å². The Hall–Kier alpha value is -0.120. The van der Waals surface area contributed by atoms with Crippen LogP contribution in [0.2, 0.25) is 0 Å². The van der Waals surface area contributed by atoms with Crippen molar-refractivity contribution in [1.82, 2.24) is 5.32 Å². The average Bonchev–Trinajstić information content (AvgIpc) is 2.04. The first-order valence-electron chi connectivity index (χ1n) is 5.00. The minimum Gasteiger partial charge on any atom is -0.383 e. The van der Waals surface area contributed by atoms with Crippen LogP contribution in [0.25, 0.3) is 0 Å². The fourth-order valence-corrected chi connectivity index (χ4v) is 1.10. The highest BCUT2D eigenvalue weighted by Crippen LogP contribution is 1.94. The summed E-state index contributed by atoms with van der Waals surface area (Å²) in [6.45, 7) is 9.62. The molecule has 0 aliphatic rings. The SMILES string of the molecule is CCNC(COC)COCC(C)C. The van der Waals surface area contributed by atoms with Crippen molar-refractivity contribution in [2.24, 2.45) is 5.92 Å². The molecule has 0 aromatic heterocycles. The zero-order chi connectivity index (χ0) is 10.1. The summed E-state index contributed by atoms with van der Waals surface area (Å²) in [6.07, 6.45) is 0. The lowest BCUT2D eigenvalue weighted by Gasteiger charge is -2.17. The van der Waals surface area contributed by atoms with Gasteiger partial charge in [-0.1, -0.05) is 20.8 Å². The Morgan fingerprint density at radius 3 is 2.31 bits per heavy atom. The van der Waals surface area contributed by atoms with Crippen LogP contribution < -0.4 is 5.32 Å². The van der Waals surface area contributed by atoms with Crippen LogP contribution in [-0.2, 0) is 9.47 Å². The van der Waals surface area contributed by atoms with Crippen molar-refractivity contribution < 1.29 is 9.47 Å². The van der Waals surface area contributed by atoms with Crippen LogP contribution in [0.5, 0.6) is 0 Å². The molecule has 80 valence electrons. The van der Waals surface area contributed by atoms with Gasteiger partial charge in [-0.2, -0.15) is 0 Å². The molecule has 0 heterocycles. The van der Waals surface area contributed by atoms with Crippen molar-refractivity contribution in [1.29, 1.82) is 0 Å². The first kappa shape index (κ1) is 12.9. The predicted molar refractivity (Wildman–Crippen MR) is 55.0 cm³/mol. The van der Waals surface area contributed by atoms with Crippen LogP contribution in [0.15, 0.2) is 0 Å². The summed E-state index contributed by atoms with van der Waals surface area (Å²) in [5.74, 6) is 0.602. The second-order valence-electron chi connectivity index (χ2n) is 3.64. The van der Waals surface area contributed by atoms with E-state index in [1.165, 1.54) is 0 Å². The van der Waals surface area contributed by atoms with Crippen molar-refractivity contribution in [3.8, 4) is 0 Å². The molecule has 0 saturated heterocycles. The Morgan fingerprint density at radius 2 is 1.85 bits per heavy atom. The number of rotatable bonds is 8. The van der Waals surface area contributed by atoms with Crippen molar-refractivity contribution in [2.75, 3.05) is 33.5 Å². The molecule has 0 amide bonds. The summed E-state index contributed by atoms with van der Waals surface area (Å²) in [5.41, 5.74) is 0. The highest BCUT2D eigenvalue weighted by atomic mass is 16.5. The molecule has 0 spiro atoms. The second kappa shape index (κ2) is 8.48. The minimum atomic E-state index is 0.328. The number of methoxy groups -OCH3 is 1. The van der Waals surface area contributed by atoms with Crippen LogP contribution in [0.4, 0.5) is 0 Å². The lowest BCUT2D eigenvalue weighted by atomic mass is 10.2. The third-order valence-corrected chi connectivity index (χ3v) is 1.63. The second-order valence-corrected chi connectivity index (χ2v) is 3.64. The molecule has 0 aromatic rings. The molecule has 3 nitrogen and oxygen atoms in total. The van der Waals surface area contributed by atoms with E-state index in [-0.39, 0.29) is 0 Å². The Morgan fingerprint density at radius 1 is 1.15 bits per heavy atom. The highest BCUT2D eigenvalue weighted by molar-refractivity contribution is 4.63. The van der Waals surface area contributed by atoms with Crippen LogP contribution >= 0.6 is 0 Å². The van der Waals surface area contributed by atoms with E-state index in [4.69, 9.17) is 9.47 Å². The molecular weight excluding hydrogens is 166 g/mol. The molecule has 0 bridgehead atoms. The van der Waals surface area contributed by atoms with Gasteiger partial charge in [0, 0.05) is 13.7 Å². The van der Waals surface area contributed by atoms with Crippen molar-refractivity contribution in [2.45, 2.75) is 26.8 Å². The Kier molecular flexibility index (Phi) is 8.40. The number of nitrogens with one attached hydrogen (secondary N) is 1. The van der Waals surface area contributed by atoms with Gasteiger partial charge < -0.3 is 14.8 Å². The molecule has 0 rings (SSSR count). The smallest absolute Gasteiger partial charge is 0.0642 e. The van der Waals surface area contributed by atoms with E-state index in [1.54, 1.807) is 7.11 Å². The third-order valence-electron chi connectivity index (χ3n) is 1.63. The summed E-state index contributed by atoms with van der Waals surface area (Å²) in [7, 11) is 1.72. The van der Waals surface area contributed by atoms with Gasteiger partial charge in [-0.05, 0) is 12.5 Å². The Balaban J connectivity index is 3.44. The first-order chi connectivity index (χ1) is 6.20. The molecule has 0 aliphatic carbocycles. The van der Waals surface area contributed by atoms with Gasteiger partial charge >= 0.3 is 0 Å². The maximum Gasteiger partial charge on any atom is 0.0642 e. The molecule has 0 fully saturated rings. The maximum absolute atomic E-state index is 5.52. The summed E-state index contributed by atoms with van der Waals surface area (Å²) in [6, 6.07) is 0.328. The Bertz CT molecular complexity index is 101. The molecule has 3 heteroatoms. The van der Waals surface area contributed by atoms with E-state index in [0.29, 0.717) is 18.6 Å². The van der Waals surface area contributed by atoms with Gasteiger partial charge in [0.25, 0.3) is 0 Å². The van der Waals surface area contributed by atoms with E-state index < -0.39 is 0 Å². The van der Waals surface area contributed by atoms with Crippen LogP contribution in [0, 0.1) is 5.92 Å². The number of hydrogen-bond acceptors (Lipinski definition) is 3. The molecule has 0 radical (unpaired) electrons.